The summed E-state index contributed by atoms with van der Waals surface area (Å²) >= 11 is 0. The molecule has 10 atom stereocenters. The normalized spacial score (nSPS) is 22.4. The Morgan fingerprint density at radius 3 is 1.43 bits per heavy atom. The largest absolute Gasteiger partial charge is 0.394 e. The molecule has 1 saturated heterocycles. The van der Waals surface area contributed by atoms with Crippen molar-refractivity contribution in [3.05, 3.63) is 0 Å². The van der Waals surface area contributed by atoms with Crippen molar-refractivity contribution in [3.63, 3.8) is 0 Å². The van der Waals surface area contributed by atoms with Gasteiger partial charge in [0.05, 0.1) is 25.4 Å². The first-order valence-corrected chi connectivity index (χ1v) is 24.3. The first kappa shape index (κ1) is 55.1. The number of carbonyl (C=O) groups is 1. The minimum Gasteiger partial charge on any atom is -0.394 e. The van der Waals surface area contributed by atoms with Gasteiger partial charge in [0.15, 0.2) is 6.29 Å². The summed E-state index contributed by atoms with van der Waals surface area (Å²) < 4.78 is 11.1. The zero-order valence-corrected chi connectivity index (χ0v) is 37.5. The summed E-state index contributed by atoms with van der Waals surface area (Å²) in [4.78, 5) is 13.1. The van der Waals surface area contributed by atoms with E-state index in [2.05, 4.69) is 26.1 Å². The molecule has 0 aromatic carbocycles. The summed E-state index contributed by atoms with van der Waals surface area (Å²) in [6.45, 7) is 5.76. The molecule has 346 valence electrons. The fourth-order valence-corrected chi connectivity index (χ4v) is 8.01. The van der Waals surface area contributed by atoms with Crippen molar-refractivity contribution in [2.24, 2.45) is 5.92 Å². The average molecular weight is 832 g/mol. The van der Waals surface area contributed by atoms with Crippen LogP contribution in [0.15, 0.2) is 0 Å². The summed E-state index contributed by atoms with van der Waals surface area (Å²) in [6.07, 6.45) is 24.4. The molecule has 0 bridgehead atoms. The second-order valence-electron chi connectivity index (χ2n) is 17.8. The molecule has 0 aromatic heterocycles. The van der Waals surface area contributed by atoms with Crippen LogP contribution in [0.5, 0.6) is 0 Å². The molecule has 0 radical (unpaired) electrons. The Labute approximate surface area is 354 Å². The number of rotatable bonds is 40. The van der Waals surface area contributed by atoms with Crippen LogP contribution < -0.4 is 5.32 Å². The number of hydrogen-bond acceptors (Lipinski definition) is 10. The molecule has 8 N–H and O–H groups in total. The molecule has 1 fully saturated rings. The number of ether oxygens (including phenoxy) is 2. The molecule has 1 rings (SSSR count). The van der Waals surface area contributed by atoms with Gasteiger partial charge in [-0.2, -0.15) is 0 Å². The summed E-state index contributed by atoms with van der Waals surface area (Å²) in [7, 11) is 0. The van der Waals surface area contributed by atoms with Crippen LogP contribution in [0.4, 0.5) is 0 Å². The molecule has 1 aliphatic heterocycles. The molecule has 0 saturated carbocycles. The summed E-state index contributed by atoms with van der Waals surface area (Å²) in [5, 5.41) is 75.7. The van der Waals surface area contributed by atoms with Crippen molar-refractivity contribution < 1.29 is 50.0 Å². The molecule has 0 spiro atoms. The maximum absolute atomic E-state index is 13.1. The van der Waals surface area contributed by atoms with Crippen LogP contribution in [0.3, 0.4) is 0 Å². The smallest absolute Gasteiger partial charge is 0.249 e. The van der Waals surface area contributed by atoms with Gasteiger partial charge in [0.2, 0.25) is 5.91 Å². The third kappa shape index (κ3) is 26.4. The first-order chi connectivity index (χ1) is 28.1. The highest BCUT2D eigenvalue weighted by Gasteiger charge is 2.44. The average Bonchev–Trinajstić information content (AvgIpc) is 3.22. The molecular weight excluding hydrogens is 739 g/mol. The van der Waals surface area contributed by atoms with Gasteiger partial charge in [0.25, 0.3) is 0 Å². The van der Waals surface area contributed by atoms with Crippen molar-refractivity contribution in [2.75, 3.05) is 13.2 Å². The molecule has 0 aliphatic carbocycles. The topological polar surface area (TPSA) is 189 Å². The van der Waals surface area contributed by atoms with E-state index >= 15 is 0 Å². The van der Waals surface area contributed by atoms with Crippen molar-refractivity contribution in [1.29, 1.82) is 0 Å². The van der Waals surface area contributed by atoms with Gasteiger partial charge in [-0.1, -0.05) is 207 Å². The number of carbonyl (C=O) groups excluding carboxylic acids is 1. The summed E-state index contributed by atoms with van der Waals surface area (Å²) in [5.41, 5.74) is 0. The van der Waals surface area contributed by atoms with Crippen LogP contribution in [0.1, 0.15) is 220 Å². The molecule has 1 amide bonds. The van der Waals surface area contributed by atoms with E-state index < -0.39 is 74.2 Å². The van der Waals surface area contributed by atoms with Gasteiger partial charge in [0.1, 0.15) is 36.6 Å². The molecule has 0 aromatic rings. The minimum absolute atomic E-state index is 0.265. The SMILES string of the molecule is CCCCCCCCCCCCCCCCCCCCC[C@@H](O)C(=O)N[C@@H](CO[C@@H]1O[C@H](CO)[C@H](O)[C@H](O)[C@H]1O)[C@H](O)[C@H](O)CCCCCCCCCCC(C)CC. The van der Waals surface area contributed by atoms with Crippen LogP contribution in [-0.2, 0) is 14.3 Å². The highest BCUT2D eigenvalue weighted by molar-refractivity contribution is 5.80. The van der Waals surface area contributed by atoms with Crippen molar-refractivity contribution in [3.8, 4) is 0 Å². The van der Waals surface area contributed by atoms with Gasteiger partial charge < -0.3 is 50.5 Å². The summed E-state index contributed by atoms with van der Waals surface area (Å²) in [6, 6.07) is -1.16. The Morgan fingerprint density at radius 1 is 0.586 bits per heavy atom. The molecule has 1 aliphatic rings. The van der Waals surface area contributed by atoms with E-state index in [-0.39, 0.29) is 6.42 Å². The van der Waals surface area contributed by atoms with E-state index in [9.17, 15) is 40.5 Å². The van der Waals surface area contributed by atoms with Gasteiger partial charge in [-0.3, -0.25) is 4.79 Å². The van der Waals surface area contributed by atoms with Gasteiger partial charge in [-0.15, -0.1) is 0 Å². The minimum atomic E-state index is -1.66. The van der Waals surface area contributed by atoms with E-state index in [0.29, 0.717) is 19.3 Å². The zero-order valence-electron chi connectivity index (χ0n) is 37.5. The molecule has 1 heterocycles. The highest BCUT2D eigenvalue weighted by atomic mass is 16.7. The number of aliphatic hydroxyl groups is 7. The molecule has 1 unspecified atom stereocenters. The van der Waals surface area contributed by atoms with E-state index in [4.69, 9.17) is 9.47 Å². The van der Waals surface area contributed by atoms with Crippen LogP contribution in [0, 0.1) is 5.92 Å². The quantitative estimate of drug-likeness (QED) is 0.0280. The van der Waals surface area contributed by atoms with Gasteiger partial charge >= 0.3 is 0 Å². The Morgan fingerprint density at radius 2 is 1.00 bits per heavy atom. The van der Waals surface area contributed by atoms with Crippen molar-refractivity contribution in [2.45, 2.75) is 275 Å². The zero-order chi connectivity index (χ0) is 42.8. The maximum atomic E-state index is 13.1. The lowest BCUT2D eigenvalue weighted by atomic mass is 9.98. The van der Waals surface area contributed by atoms with Crippen molar-refractivity contribution in [1.82, 2.24) is 5.32 Å². The standard InChI is InChI=1S/C47H93NO10/c1-4-6-7-8-9-10-11-12-13-14-15-16-17-18-19-20-25-28-31-34-40(51)46(56)48-38(36-57-47-45(55)44(54)43(53)41(35-49)58-47)42(52)39(50)33-30-27-24-22-21-23-26-29-32-37(3)5-2/h37-45,47,49-55H,4-36H2,1-3H3,(H,48,56)/t37?,38-,39+,40+,41+,42-,43-,44-,45+,47+/m0/s1. The van der Waals surface area contributed by atoms with Crippen LogP contribution >= 0.6 is 0 Å². The Hall–Kier alpha value is -0.890. The Balaban J connectivity index is 2.40. The number of nitrogens with one attached hydrogen (secondary N) is 1. The lowest BCUT2D eigenvalue weighted by molar-refractivity contribution is -0.303. The molecule has 11 nitrogen and oxygen atoms in total. The number of amides is 1. The molecule has 58 heavy (non-hydrogen) atoms. The van der Waals surface area contributed by atoms with Gasteiger partial charge in [0, 0.05) is 0 Å². The number of unbranched alkanes of at least 4 members (excludes halogenated alkanes) is 25. The fraction of sp³-hybridized carbons (Fsp3) is 0.979. The third-order valence-electron chi connectivity index (χ3n) is 12.5. The van der Waals surface area contributed by atoms with E-state index in [1.54, 1.807) is 0 Å². The van der Waals surface area contributed by atoms with E-state index in [1.165, 1.54) is 135 Å². The van der Waals surface area contributed by atoms with E-state index in [1.807, 2.05) is 0 Å². The lowest BCUT2D eigenvalue weighted by Gasteiger charge is -2.40. The molecule has 11 heteroatoms. The number of hydrogen-bond donors (Lipinski definition) is 8. The Kier molecular flexibility index (Phi) is 34.9. The van der Waals surface area contributed by atoms with Crippen molar-refractivity contribution >= 4 is 5.91 Å². The summed E-state index contributed by atoms with van der Waals surface area (Å²) in [5.74, 6) is 0.104. The monoisotopic (exact) mass is 832 g/mol. The fourth-order valence-electron chi connectivity index (χ4n) is 8.01. The second-order valence-corrected chi connectivity index (χ2v) is 17.8. The Bertz CT molecular complexity index is 928. The number of aliphatic hydroxyl groups excluding tert-OH is 7. The maximum Gasteiger partial charge on any atom is 0.249 e. The second kappa shape index (κ2) is 36.7. The van der Waals surface area contributed by atoms with Gasteiger partial charge in [-0.25, -0.2) is 0 Å². The third-order valence-corrected chi connectivity index (χ3v) is 12.5. The predicted molar refractivity (Wildman–Crippen MR) is 233 cm³/mol. The van der Waals surface area contributed by atoms with Gasteiger partial charge in [-0.05, 0) is 18.8 Å². The molecular formula is C47H93NO10. The first-order valence-electron chi connectivity index (χ1n) is 24.3. The van der Waals surface area contributed by atoms with Crippen LogP contribution in [-0.4, -0.2) is 110 Å². The predicted octanol–water partition coefficient (Wildman–Crippen LogP) is 8.14. The van der Waals surface area contributed by atoms with E-state index in [0.717, 1.165) is 44.4 Å². The van der Waals surface area contributed by atoms with Crippen LogP contribution in [0.25, 0.3) is 0 Å². The lowest BCUT2D eigenvalue weighted by Crippen LogP contribution is -2.60. The van der Waals surface area contributed by atoms with Crippen LogP contribution in [0.2, 0.25) is 0 Å². The highest BCUT2D eigenvalue weighted by Crippen LogP contribution is 2.23.